The maximum Gasteiger partial charge on any atom is 0.323 e. The summed E-state index contributed by atoms with van der Waals surface area (Å²) in [5, 5.41) is 12.3. The summed E-state index contributed by atoms with van der Waals surface area (Å²) in [6.45, 7) is 7.56. The van der Waals surface area contributed by atoms with Gasteiger partial charge < -0.3 is 14.6 Å². The second-order valence-corrected chi connectivity index (χ2v) is 5.00. The van der Waals surface area contributed by atoms with Crippen LogP contribution in [0.15, 0.2) is 0 Å². The van der Waals surface area contributed by atoms with E-state index < -0.39 is 11.5 Å². The van der Waals surface area contributed by atoms with Crippen molar-refractivity contribution in [1.29, 1.82) is 0 Å². The maximum atomic E-state index is 11.2. The zero-order valence-corrected chi connectivity index (χ0v) is 12.0. The number of aliphatic carboxylic acids is 1. The summed E-state index contributed by atoms with van der Waals surface area (Å²) < 4.78 is 10.3. The van der Waals surface area contributed by atoms with Gasteiger partial charge in [-0.2, -0.15) is 0 Å². The summed E-state index contributed by atoms with van der Waals surface area (Å²) in [7, 11) is 1.66. The first-order chi connectivity index (χ1) is 8.42. The fourth-order valence-corrected chi connectivity index (χ4v) is 1.81. The summed E-state index contributed by atoms with van der Waals surface area (Å²) in [5.74, 6) is -0.810. The first-order valence-corrected chi connectivity index (χ1v) is 6.50. The summed E-state index contributed by atoms with van der Waals surface area (Å²) >= 11 is 0. The molecule has 0 radical (unpaired) electrons. The fourth-order valence-electron chi connectivity index (χ4n) is 1.81. The first-order valence-electron chi connectivity index (χ1n) is 6.50. The lowest BCUT2D eigenvalue weighted by Crippen LogP contribution is -2.52. The SMILES string of the molecule is COCCCOCCCC(C)(NC(C)C)C(=O)O. The summed E-state index contributed by atoms with van der Waals surface area (Å²) in [6, 6.07) is 0.147. The van der Waals surface area contributed by atoms with E-state index in [1.807, 2.05) is 13.8 Å². The molecular weight excluding hydrogens is 234 g/mol. The molecule has 1 unspecified atom stereocenters. The molecule has 0 heterocycles. The molecule has 0 aliphatic rings. The summed E-state index contributed by atoms with van der Waals surface area (Å²) in [6.07, 6.45) is 2.16. The lowest BCUT2D eigenvalue weighted by atomic mass is 9.95. The first kappa shape index (κ1) is 17.4. The molecule has 0 amide bonds. The van der Waals surface area contributed by atoms with Gasteiger partial charge in [-0.3, -0.25) is 10.1 Å². The number of methoxy groups -OCH3 is 1. The molecule has 0 aromatic carbocycles. The van der Waals surface area contributed by atoms with Crippen LogP contribution in [0.25, 0.3) is 0 Å². The predicted molar refractivity (Wildman–Crippen MR) is 70.9 cm³/mol. The van der Waals surface area contributed by atoms with Gasteiger partial charge in [0.1, 0.15) is 5.54 Å². The monoisotopic (exact) mass is 261 g/mol. The van der Waals surface area contributed by atoms with Gasteiger partial charge in [0, 0.05) is 33.0 Å². The second kappa shape index (κ2) is 9.30. The number of carbonyl (C=O) groups is 1. The Morgan fingerprint density at radius 3 is 2.39 bits per heavy atom. The Balaban J connectivity index is 3.81. The topological polar surface area (TPSA) is 67.8 Å². The minimum atomic E-state index is -0.871. The zero-order chi connectivity index (χ0) is 14.0. The van der Waals surface area contributed by atoms with Crippen molar-refractivity contribution < 1.29 is 19.4 Å². The van der Waals surface area contributed by atoms with Crippen LogP contribution in [0.3, 0.4) is 0 Å². The lowest BCUT2D eigenvalue weighted by Gasteiger charge is -2.28. The van der Waals surface area contributed by atoms with Crippen LogP contribution in [-0.4, -0.2) is 49.6 Å². The molecule has 0 bridgehead atoms. The third-order valence-electron chi connectivity index (χ3n) is 2.68. The molecule has 5 nitrogen and oxygen atoms in total. The fraction of sp³-hybridized carbons (Fsp3) is 0.923. The van der Waals surface area contributed by atoms with Gasteiger partial charge in [-0.25, -0.2) is 0 Å². The largest absolute Gasteiger partial charge is 0.480 e. The number of nitrogens with one attached hydrogen (secondary N) is 1. The molecule has 0 saturated carbocycles. The average Bonchev–Trinajstić information content (AvgIpc) is 2.26. The highest BCUT2D eigenvalue weighted by molar-refractivity contribution is 5.78. The molecule has 2 N–H and O–H groups in total. The predicted octanol–water partition coefficient (Wildman–Crippen LogP) is 1.66. The van der Waals surface area contributed by atoms with Gasteiger partial charge >= 0.3 is 5.97 Å². The quantitative estimate of drug-likeness (QED) is 0.554. The van der Waals surface area contributed by atoms with Crippen molar-refractivity contribution in [2.75, 3.05) is 26.9 Å². The van der Waals surface area contributed by atoms with E-state index in [1.165, 1.54) is 0 Å². The number of carboxylic acid groups (broad SMARTS) is 1. The zero-order valence-electron chi connectivity index (χ0n) is 12.0. The normalized spacial score (nSPS) is 14.7. The van der Waals surface area contributed by atoms with Gasteiger partial charge in [0.25, 0.3) is 0 Å². The van der Waals surface area contributed by atoms with Crippen LogP contribution < -0.4 is 5.32 Å². The van der Waals surface area contributed by atoms with E-state index in [-0.39, 0.29) is 6.04 Å². The number of rotatable bonds is 11. The van der Waals surface area contributed by atoms with E-state index in [2.05, 4.69) is 5.32 Å². The molecule has 0 rings (SSSR count). The van der Waals surface area contributed by atoms with Crippen LogP contribution >= 0.6 is 0 Å². The lowest BCUT2D eigenvalue weighted by molar-refractivity contribution is -0.144. The Morgan fingerprint density at radius 2 is 1.89 bits per heavy atom. The van der Waals surface area contributed by atoms with Crippen LogP contribution in [0.4, 0.5) is 0 Å². The van der Waals surface area contributed by atoms with Gasteiger partial charge in [-0.15, -0.1) is 0 Å². The van der Waals surface area contributed by atoms with Gasteiger partial charge in [-0.05, 0) is 40.0 Å². The molecule has 5 heteroatoms. The third-order valence-corrected chi connectivity index (χ3v) is 2.68. The van der Waals surface area contributed by atoms with Crippen LogP contribution in [0.2, 0.25) is 0 Å². The van der Waals surface area contributed by atoms with E-state index in [1.54, 1.807) is 14.0 Å². The second-order valence-electron chi connectivity index (χ2n) is 5.00. The highest BCUT2D eigenvalue weighted by Gasteiger charge is 2.32. The number of hydrogen-bond donors (Lipinski definition) is 2. The number of ether oxygens (including phenoxy) is 2. The minimum Gasteiger partial charge on any atom is -0.480 e. The molecule has 0 saturated heterocycles. The molecule has 108 valence electrons. The van der Waals surface area contributed by atoms with Gasteiger partial charge in [0.05, 0.1) is 0 Å². The molecule has 0 aliphatic heterocycles. The molecule has 0 aromatic heterocycles. The van der Waals surface area contributed by atoms with Crippen molar-refractivity contribution in [3.63, 3.8) is 0 Å². The smallest absolute Gasteiger partial charge is 0.323 e. The number of hydrogen-bond acceptors (Lipinski definition) is 4. The molecule has 0 aromatic rings. The average molecular weight is 261 g/mol. The summed E-state index contributed by atoms with van der Waals surface area (Å²) in [4.78, 5) is 11.2. The molecule has 0 spiro atoms. The Bertz CT molecular complexity index is 233. The van der Waals surface area contributed by atoms with Gasteiger partial charge in [0.15, 0.2) is 0 Å². The van der Waals surface area contributed by atoms with Crippen LogP contribution in [-0.2, 0) is 14.3 Å². The molecule has 0 aliphatic carbocycles. The van der Waals surface area contributed by atoms with Crippen molar-refractivity contribution in [3.8, 4) is 0 Å². The minimum absolute atomic E-state index is 0.147. The standard InChI is InChI=1S/C13H27NO4/c1-11(2)14-13(3,12(15)16)7-5-9-18-10-6-8-17-4/h11,14H,5-10H2,1-4H3,(H,15,16). The van der Waals surface area contributed by atoms with E-state index in [0.717, 1.165) is 12.8 Å². The Hall–Kier alpha value is -0.650. The molecular formula is C13H27NO4. The highest BCUT2D eigenvalue weighted by atomic mass is 16.5. The van der Waals surface area contributed by atoms with E-state index in [0.29, 0.717) is 26.2 Å². The molecule has 18 heavy (non-hydrogen) atoms. The Morgan fingerprint density at radius 1 is 1.28 bits per heavy atom. The Labute approximate surface area is 110 Å². The van der Waals surface area contributed by atoms with Crippen molar-refractivity contribution in [2.45, 2.75) is 51.6 Å². The summed E-state index contributed by atoms with van der Waals surface area (Å²) in [5.41, 5.74) is -0.871. The maximum absolute atomic E-state index is 11.2. The third kappa shape index (κ3) is 7.63. The van der Waals surface area contributed by atoms with Crippen molar-refractivity contribution >= 4 is 5.97 Å². The highest BCUT2D eigenvalue weighted by Crippen LogP contribution is 2.14. The van der Waals surface area contributed by atoms with E-state index in [4.69, 9.17) is 9.47 Å². The van der Waals surface area contributed by atoms with Crippen molar-refractivity contribution in [2.24, 2.45) is 0 Å². The van der Waals surface area contributed by atoms with Gasteiger partial charge in [0.2, 0.25) is 0 Å². The molecule has 0 fully saturated rings. The number of carboxylic acids is 1. The van der Waals surface area contributed by atoms with E-state index >= 15 is 0 Å². The molecule has 1 atom stereocenters. The van der Waals surface area contributed by atoms with Crippen molar-refractivity contribution in [3.05, 3.63) is 0 Å². The van der Waals surface area contributed by atoms with Crippen LogP contribution in [0.1, 0.15) is 40.0 Å². The van der Waals surface area contributed by atoms with Gasteiger partial charge in [-0.1, -0.05) is 0 Å². The van der Waals surface area contributed by atoms with Crippen molar-refractivity contribution in [1.82, 2.24) is 5.32 Å². The van der Waals surface area contributed by atoms with E-state index in [9.17, 15) is 9.90 Å². The Kier molecular flexibility index (Phi) is 8.97. The van der Waals surface area contributed by atoms with Crippen LogP contribution in [0.5, 0.6) is 0 Å². The van der Waals surface area contributed by atoms with Crippen LogP contribution in [0, 0.1) is 0 Å².